The van der Waals surface area contributed by atoms with E-state index in [9.17, 15) is 4.79 Å². The highest BCUT2D eigenvalue weighted by atomic mass is 16.6. The molecule has 0 radical (unpaired) electrons. The van der Waals surface area contributed by atoms with E-state index in [4.69, 9.17) is 4.74 Å². The van der Waals surface area contributed by atoms with Gasteiger partial charge in [-0.15, -0.1) is 0 Å². The fourth-order valence-electron chi connectivity index (χ4n) is 2.04. The number of carbonyl (C=O) groups is 1. The second kappa shape index (κ2) is 6.58. The minimum Gasteiger partial charge on any atom is -0.460 e. The van der Waals surface area contributed by atoms with Crippen LogP contribution in [0.4, 0.5) is 0 Å². The number of hydrogen-bond donors (Lipinski definition) is 0. The fourth-order valence-corrected chi connectivity index (χ4v) is 2.04. The Morgan fingerprint density at radius 1 is 1.22 bits per heavy atom. The van der Waals surface area contributed by atoms with E-state index in [2.05, 4.69) is 19.1 Å². The summed E-state index contributed by atoms with van der Waals surface area (Å²) < 4.78 is 5.40. The first kappa shape index (κ1) is 14.7. The lowest BCUT2D eigenvalue weighted by Crippen LogP contribution is -2.25. The molecule has 0 aromatic heterocycles. The van der Waals surface area contributed by atoms with Gasteiger partial charge in [-0.3, -0.25) is 4.79 Å². The number of hydrogen-bond acceptors (Lipinski definition) is 2. The molecule has 2 nitrogen and oxygen atoms in total. The average molecular weight is 248 g/mol. The van der Waals surface area contributed by atoms with Crippen LogP contribution in [0, 0.1) is 0 Å². The summed E-state index contributed by atoms with van der Waals surface area (Å²) in [5.41, 5.74) is 0.829. The Kier molecular flexibility index (Phi) is 5.39. The summed E-state index contributed by atoms with van der Waals surface area (Å²) >= 11 is 0. The lowest BCUT2D eigenvalue weighted by atomic mass is 9.91. The van der Waals surface area contributed by atoms with E-state index >= 15 is 0 Å². The van der Waals surface area contributed by atoms with Gasteiger partial charge >= 0.3 is 5.97 Å². The van der Waals surface area contributed by atoms with Crippen molar-refractivity contribution in [2.75, 3.05) is 0 Å². The van der Waals surface area contributed by atoms with Crippen molar-refractivity contribution in [3.05, 3.63) is 35.9 Å². The maximum Gasteiger partial charge on any atom is 0.306 e. The van der Waals surface area contributed by atoms with Crippen molar-refractivity contribution in [2.24, 2.45) is 0 Å². The number of ether oxygens (including phenoxy) is 1. The number of rotatable bonds is 5. The first-order valence-corrected chi connectivity index (χ1v) is 6.69. The summed E-state index contributed by atoms with van der Waals surface area (Å²) in [7, 11) is 0. The van der Waals surface area contributed by atoms with E-state index in [1.54, 1.807) is 0 Å². The predicted octanol–water partition coefficient (Wildman–Crippen LogP) is 4.30. The molecule has 1 aromatic rings. The summed E-state index contributed by atoms with van der Waals surface area (Å²) in [6.45, 7) is 7.86. The summed E-state index contributed by atoms with van der Waals surface area (Å²) in [4.78, 5) is 11.9. The minimum atomic E-state index is -0.398. The molecule has 18 heavy (non-hydrogen) atoms. The van der Waals surface area contributed by atoms with Crippen LogP contribution in [0.25, 0.3) is 0 Å². The highest BCUT2D eigenvalue weighted by Gasteiger charge is 2.20. The third-order valence-corrected chi connectivity index (χ3v) is 2.74. The van der Waals surface area contributed by atoms with Crippen molar-refractivity contribution in [1.82, 2.24) is 0 Å². The van der Waals surface area contributed by atoms with E-state index in [0.717, 1.165) is 12.8 Å². The van der Waals surface area contributed by atoms with Crippen LogP contribution in [-0.2, 0) is 9.53 Å². The van der Waals surface area contributed by atoms with Gasteiger partial charge in [0.1, 0.15) is 5.60 Å². The summed E-state index contributed by atoms with van der Waals surface area (Å²) in [5.74, 6) is 0.163. The van der Waals surface area contributed by atoms with Crippen molar-refractivity contribution in [3.8, 4) is 0 Å². The smallest absolute Gasteiger partial charge is 0.306 e. The summed E-state index contributed by atoms with van der Waals surface area (Å²) in [6, 6.07) is 10.2. The molecule has 1 rings (SSSR count). The van der Waals surface area contributed by atoms with Gasteiger partial charge in [0, 0.05) is 0 Å². The average Bonchev–Trinajstić information content (AvgIpc) is 2.27. The second-order valence-electron chi connectivity index (χ2n) is 5.69. The third-order valence-electron chi connectivity index (χ3n) is 2.74. The molecule has 0 unspecified atom stereocenters. The molecular weight excluding hydrogens is 224 g/mol. The molecule has 0 saturated heterocycles. The van der Waals surface area contributed by atoms with Gasteiger partial charge in [-0.05, 0) is 38.7 Å². The van der Waals surface area contributed by atoms with Gasteiger partial charge in [0.2, 0.25) is 0 Å². The van der Waals surface area contributed by atoms with Gasteiger partial charge in [-0.1, -0.05) is 43.7 Å². The van der Waals surface area contributed by atoms with Crippen LogP contribution in [0.5, 0.6) is 0 Å². The zero-order chi connectivity index (χ0) is 13.6. The van der Waals surface area contributed by atoms with Gasteiger partial charge in [0.15, 0.2) is 0 Å². The van der Waals surface area contributed by atoms with Gasteiger partial charge < -0.3 is 4.74 Å². The second-order valence-corrected chi connectivity index (χ2v) is 5.69. The van der Waals surface area contributed by atoms with Crippen LogP contribution in [-0.4, -0.2) is 11.6 Å². The molecule has 2 heteroatoms. The molecule has 1 atom stereocenters. The zero-order valence-corrected chi connectivity index (χ0v) is 11.9. The van der Waals surface area contributed by atoms with E-state index in [1.165, 1.54) is 5.56 Å². The maximum atomic E-state index is 11.9. The molecule has 0 aliphatic heterocycles. The highest BCUT2D eigenvalue weighted by Crippen LogP contribution is 2.26. The topological polar surface area (TPSA) is 26.3 Å². The molecule has 0 fully saturated rings. The molecule has 0 heterocycles. The molecule has 0 amide bonds. The van der Waals surface area contributed by atoms with E-state index in [0.29, 0.717) is 6.42 Å². The Balaban J connectivity index is 2.67. The molecule has 0 N–H and O–H groups in total. The highest BCUT2D eigenvalue weighted by molar-refractivity contribution is 5.71. The first-order valence-electron chi connectivity index (χ1n) is 6.69. The lowest BCUT2D eigenvalue weighted by Gasteiger charge is -2.22. The van der Waals surface area contributed by atoms with Crippen LogP contribution >= 0.6 is 0 Å². The third kappa shape index (κ3) is 5.35. The quantitative estimate of drug-likeness (QED) is 0.726. The fraction of sp³-hybridized carbons (Fsp3) is 0.562. The Morgan fingerprint density at radius 3 is 2.33 bits per heavy atom. The largest absolute Gasteiger partial charge is 0.460 e. The molecule has 0 aliphatic rings. The van der Waals surface area contributed by atoms with Crippen molar-refractivity contribution in [2.45, 2.75) is 58.5 Å². The van der Waals surface area contributed by atoms with Gasteiger partial charge in [0.05, 0.1) is 6.42 Å². The van der Waals surface area contributed by atoms with Crippen LogP contribution in [0.3, 0.4) is 0 Å². The van der Waals surface area contributed by atoms with Crippen LogP contribution < -0.4 is 0 Å². The lowest BCUT2D eigenvalue weighted by molar-refractivity contribution is -0.155. The van der Waals surface area contributed by atoms with Crippen LogP contribution in [0.2, 0.25) is 0 Å². The first-order chi connectivity index (χ1) is 8.42. The van der Waals surface area contributed by atoms with E-state index in [1.807, 2.05) is 39.0 Å². The Labute approximate surface area is 110 Å². The number of carbonyl (C=O) groups excluding carboxylic acids is 1. The zero-order valence-electron chi connectivity index (χ0n) is 11.9. The van der Waals surface area contributed by atoms with Crippen molar-refractivity contribution in [3.63, 3.8) is 0 Å². The van der Waals surface area contributed by atoms with Crippen LogP contribution in [0.15, 0.2) is 30.3 Å². The predicted molar refractivity (Wildman–Crippen MR) is 74.6 cm³/mol. The Hall–Kier alpha value is -1.31. The Bertz CT molecular complexity index is 362. The SMILES string of the molecule is CCC[C@H](CC(=O)OC(C)(C)C)c1ccccc1. The standard InChI is InChI=1S/C16H24O2/c1-5-9-14(13-10-7-6-8-11-13)12-15(17)18-16(2,3)4/h6-8,10-11,14H,5,9,12H2,1-4H3/t14-/m1/s1. The molecule has 1 aromatic carbocycles. The summed E-state index contributed by atoms with van der Waals surface area (Å²) in [5, 5.41) is 0. The number of benzene rings is 1. The number of esters is 1. The van der Waals surface area contributed by atoms with E-state index < -0.39 is 5.60 Å². The van der Waals surface area contributed by atoms with Crippen LogP contribution in [0.1, 0.15) is 58.4 Å². The van der Waals surface area contributed by atoms with Crippen molar-refractivity contribution < 1.29 is 9.53 Å². The minimum absolute atomic E-state index is 0.107. The monoisotopic (exact) mass is 248 g/mol. The maximum absolute atomic E-state index is 11.9. The van der Waals surface area contributed by atoms with Gasteiger partial charge in [-0.25, -0.2) is 0 Å². The van der Waals surface area contributed by atoms with Gasteiger partial charge in [0.25, 0.3) is 0 Å². The molecule has 0 bridgehead atoms. The summed E-state index contributed by atoms with van der Waals surface area (Å²) in [6.07, 6.45) is 2.56. The molecular formula is C16H24O2. The van der Waals surface area contributed by atoms with Crippen molar-refractivity contribution in [1.29, 1.82) is 0 Å². The Morgan fingerprint density at radius 2 is 1.83 bits per heavy atom. The molecule has 100 valence electrons. The van der Waals surface area contributed by atoms with E-state index in [-0.39, 0.29) is 11.9 Å². The normalized spacial score (nSPS) is 13.1. The molecule has 0 saturated carbocycles. The molecule has 0 spiro atoms. The van der Waals surface area contributed by atoms with Gasteiger partial charge in [-0.2, -0.15) is 0 Å². The molecule has 0 aliphatic carbocycles. The van der Waals surface area contributed by atoms with Crippen molar-refractivity contribution >= 4 is 5.97 Å².